The fraction of sp³-hybridized carbons (Fsp3) is 0.448. The van der Waals surface area contributed by atoms with Crippen LogP contribution in [-0.4, -0.2) is 53.5 Å². The van der Waals surface area contributed by atoms with Gasteiger partial charge in [0.2, 0.25) is 0 Å². The molecule has 3 heterocycles. The van der Waals surface area contributed by atoms with E-state index in [0.717, 1.165) is 68.8 Å². The molecule has 5 nitrogen and oxygen atoms in total. The smallest absolute Gasteiger partial charge is 0.272 e. The van der Waals surface area contributed by atoms with Gasteiger partial charge >= 0.3 is 0 Å². The molecule has 2 fully saturated rings. The zero-order chi connectivity index (χ0) is 23.5. The molecule has 5 heteroatoms. The number of piperidine rings is 1. The first-order chi connectivity index (χ1) is 16.5. The number of benzene rings is 2. The van der Waals surface area contributed by atoms with E-state index in [-0.39, 0.29) is 11.3 Å². The van der Waals surface area contributed by atoms with Crippen LogP contribution in [0.25, 0.3) is 10.9 Å². The standard InChI is InChI=1S/C29H35N3O2/c1-22(2)19-34-27-11-6-4-9-24(27)18-31-17-15-29(20-31)14-7-16-32(21-29)28(33)26-13-12-23-8-3-5-10-25(23)30-26/h3-6,8-13,22H,7,14-21H2,1-2H3. The lowest BCUT2D eigenvalue weighted by molar-refractivity contribution is 0.0521. The van der Waals surface area contributed by atoms with Crippen LogP contribution in [0.3, 0.4) is 0 Å². The normalized spacial score (nSPS) is 21.0. The van der Waals surface area contributed by atoms with Gasteiger partial charge in [0.25, 0.3) is 5.91 Å². The van der Waals surface area contributed by atoms with Crippen LogP contribution in [0.15, 0.2) is 60.7 Å². The lowest BCUT2D eigenvalue weighted by atomic mass is 9.79. The lowest BCUT2D eigenvalue weighted by Gasteiger charge is -2.40. The van der Waals surface area contributed by atoms with E-state index in [9.17, 15) is 4.79 Å². The first-order valence-electron chi connectivity index (χ1n) is 12.6. The Bertz CT molecular complexity index is 1160. The average Bonchev–Trinajstić information content (AvgIpc) is 3.23. The summed E-state index contributed by atoms with van der Waals surface area (Å²) in [4.78, 5) is 22.6. The van der Waals surface area contributed by atoms with Crippen molar-refractivity contribution in [3.8, 4) is 5.75 Å². The van der Waals surface area contributed by atoms with Gasteiger partial charge in [0, 0.05) is 42.5 Å². The summed E-state index contributed by atoms with van der Waals surface area (Å²) < 4.78 is 6.09. The van der Waals surface area contributed by atoms with E-state index >= 15 is 0 Å². The summed E-state index contributed by atoms with van der Waals surface area (Å²) >= 11 is 0. The molecule has 1 amide bonds. The second-order valence-corrected chi connectivity index (χ2v) is 10.5. The molecule has 178 valence electrons. The lowest BCUT2D eigenvalue weighted by Crippen LogP contribution is -2.47. The number of amides is 1. The molecule has 2 aliphatic heterocycles. The highest BCUT2D eigenvalue weighted by Crippen LogP contribution is 2.40. The number of carbonyl (C=O) groups excluding carboxylic acids is 1. The summed E-state index contributed by atoms with van der Waals surface area (Å²) in [6, 6.07) is 20.3. The van der Waals surface area contributed by atoms with E-state index < -0.39 is 0 Å². The van der Waals surface area contributed by atoms with E-state index in [0.29, 0.717) is 11.6 Å². The van der Waals surface area contributed by atoms with Crippen LogP contribution in [0.2, 0.25) is 0 Å². The predicted molar refractivity (Wildman–Crippen MR) is 136 cm³/mol. The van der Waals surface area contributed by atoms with Crippen molar-refractivity contribution in [2.24, 2.45) is 11.3 Å². The number of hydrogen-bond donors (Lipinski definition) is 0. The van der Waals surface area contributed by atoms with Crippen molar-refractivity contribution in [3.05, 3.63) is 71.9 Å². The summed E-state index contributed by atoms with van der Waals surface area (Å²) in [5.41, 5.74) is 2.87. The Labute approximate surface area is 202 Å². The van der Waals surface area contributed by atoms with Gasteiger partial charge in [-0.15, -0.1) is 0 Å². The Morgan fingerprint density at radius 3 is 2.71 bits per heavy atom. The Kier molecular flexibility index (Phi) is 6.55. The summed E-state index contributed by atoms with van der Waals surface area (Å²) in [5.74, 6) is 1.57. The molecule has 3 aromatic rings. The molecule has 0 N–H and O–H groups in total. The van der Waals surface area contributed by atoms with E-state index in [1.54, 1.807) is 0 Å². The quantitative estimate of drug-likeness (QED) is 0.497. The van der Waals surface area contributed by atoms with Crippen molar-refractivity contribution in [3.63, 3.8) is 0 Å². The third-order valence-corrected chi connectivity index (χ3v) is 7.22. The SMILES string of the molecule is CC(C)COc1ccccc1CN1CCC2(CCCN(C(=O)c3ccc4ccccc4n3)C2)C1. The van der Waals surface area contributed by atoms with Crippen LogP contribution in [0.1, 0.15) is 49.2 Å². The Morgan fingerprint density at radius 2 is 1.82 bits per heavy atom. The molecule has 2 aromatic carbocycles. The summed E-state index contributed by atoms with van der Waals surface area (Å²) in [6.07, 6.45) is 3.38. The van der Waals surface area contributed by atoms with Crippen LogP contribution in [0.5, 0.6) is 5.75 Å². The number of hydrogen-bond acceptors (Lipinski definition) is 4. The van der Waals surface area contributed by atoms with Crippen molar-refractivity contribution in [1.29, 1.82) is 0 Å². The third-order valence-electron chi connectivity index (χ3n) is 7.22. The highest BCUT2D eigenvalue weighted by Gasteiger charge is 2.42. The van der Waals surface area contributed by atoms with Gasteiger partial charge in [-0.3, -0.25) is 9.69 Å². The first kappa shape index (κ1) is 22.9. The number of rotatable bonds is 6. The Balaban J connectivity index is 1.25. The average molecular weight is 458 g/mol. The number of carbonyl (C=O) groups is 1. The number of pyridine rings is 1. The van der Waals surface area contributed by atoms with E-state index in [1.807, 2.05) is 41.3 Å². The first-order valence-corrected chi connectivity index (χ1v) is 12.6. The van der Waals surface area contributed by atoms with Gasteiger partial charge in [-0.2, -0.15) is 0 Å². The molecule has 2 aliphatic rings. The fourth-order valence-corrected chi connectivity index (χ4v) is 5.50. The summed E-state index contributed by atoms with van der Waals surface area (Å²) in [6.45, 7) is 9.72. The maximum Gasteiger partial charge on any atom is 0.272 e. The van der Waals surface area contributed by atoms with Gasteiger partial charge in [-0.1, -0.05) is 56.3 Å². The van der Waals surface area contributed by atoms with Crippen LogP contribution in [0.4, 0.5) is 0 Å². The molecule has 1 unspecified atom stereocenters. The highest BCUT2D eigenvalue weighted by atomic mass is 16.5. The Hall–Kier alpha value is -2.92. The number of para-hydroxylation sites is 2. The van der Waals surface area contributed by atoms with Crippen molar-refractivity contribution < 1.29 is 9.53 Å². The zero-order valence-corrected chi connectivity index (χ0v) is 20.4. The van der Waals surface area contributed by atoms with Gasteiger partial charge in [0.1, 0.15) is 11.4 Å². The molecule has 5 rings (SSSR count). The summed E-state index contributed by atoms with van der Waals surface area (Å²) in [7, 11) is 0. The van der Waals surface area contributed by atoms with Crippen LogP contribution >= 0.6 is 0 Å². The van der Waals surface area contributed by atoms with Crippen molar-refractivity contribution in [1.82, 2.24) is 14.8 Å². The zero-order valence-electron chi connectivity index (χ0n) is 20.4. The number of likely N-dealkylation sites (tertiary alicyclic amines) is 2. The largest absolute Gasteiger partial charge is 0.493 e. The third kappa shape index (κ3) is 4.95. The molecule has 0 bridgehead atoms. The molecule has 0 saturated carbocycles. The van der Waals surface area contributed by atoms with Crippen LogP contribution in [-0.2, 0) is 6.54 Å². The van der Waals surface area contributed by atoms with Crippen molar-refractivity contribution in [2.45, 2.75) is 39.7 Å². The molecule has 34 heavy (non-hydrogen) atoms. The van der Waals surface area contributed by atoms with Crippen LogP contribution in [0, 0.1) is 11.3 Å². The van der Waals surface area contributed by atoms with Gasteiger partial charge in [0.05, 0.1) is 12.1 Å². The maximum atomic E-state index is 13.4. The van der Waals surface area contributed by atoms with E-state index in [4.69, 9.17) is 4.74 Å². The summed E-state index contributed by atoms with van der Waals surface area (Å²) in [5, 5.41) is 1.07. The molecule has 1 aromatic heterocycles. The topological polar surface area (TPSA) is 45.7 Å². The van der Waals surface area contributed by atoms with Gasteiger partial charge in [0.15, 0.2) is 0 Å². The molecule has 2 saturated heterocycles. The molecule has 0 radical (unpaired) electrons. The van der Waals surface area contributed by atoms with Gasteiger partial charge in [-0.05, 0) is 49.9 Å². The second kappa shape index (κ2) is 9.75. The maximum absolute atomic E-state index is 13.4. The van der Waals surface area contributed by atoms with Crippen molar-refractivity contribution in [2.75, 3.05) is 32.8 Å². The highest BCUT2D eigenvalue weighted by molar-refractivity contribution is 5.95. The molecule has 1 atom stereocenters. The number of nitrogens with zero attached hydrogens (tertiary/aromatic N) is 3. The second-order valence-electron chi connectivity index (χ2n) is 10.5. The number of aromatic nitrogens is 1. The molecule has 0 aliphatic carbocycles. The minimum absolute atomic E-state index is 0.0655. The van der Waals surface area contributed by atoms with E-state index in [1.165, 1.54) is 12.0 Å². The van der Waals surface area contributed by atoms with Gasteiger partial charge < -0.3 is 9.64 Å². The minimum atomic E-state index is 0.0655. The number of fused-ring (bicyclic) bond motifs is 1. The van der Waals surface area contributed by atoms with Crippen molar-refractivity contribution >= 4 is 16.8 Å². The Morgan fingerprint density at radius 1 is 1.00 bits per heavy atom. The number of ether oxygens (including phenoxy) is 1. The molecular weight excluding hydrogens is 422 g/mol. The monoisotopic (exact) mass is 457 g/mol. The fourth-order valence-electron chi connectivity index (χ4n) is 5.50. The molecular formula is C29H35N3O2. The minimum Gasteiger partial charge on any atom is -0.493 e. The van der Waals surface area contributed by atoms with Crippen LogP contribution < -0.4 is 4.74 Å². The van der Waals surface area contributed by atoms with Gasteiger partial charge in [-0.25, -0.2) is 4.98 Å². The van der Waals surface area contributed by atoms with E-state index in [2.05, 4.69) is 48.0 Å². The predicted octanol–water partition coefficient (Wildman–Crippen LogP) is 5.40. The molecule has 1 spiro atoms.